The van der Waals surface area contributed by atoms with E-state index in [-0.39, 0.29) is 23.3 Å². The van der Waals surface area contributed by atoms with E-state index in [0.717, 1.165) is 63.5 Å². The zero-order chi connectivity index (χ0) is 17.9. The van der Waals surface area contributed by atoms with Crippen LogP contribution >= 0.6 is 0 Å². The van der Waals surface area contributed by atoms with Crippen molar-refractivity contribution in [2.75, 3.05) is 31.2 Å². The van der Waals surface area contributed by atoms with E-state index in [1.807, 2.05) is 0 Å². The Morgan fingerprint density at radius 2 is 1.80 bits per heavy atom. The number of hydrogen-bond donors (Lipinski definition) is 1. The van der Waals surface area contributed by atoms with E-state index in [2.05, 4.69) is 53.3 Å². The molecule has 3 heterocycles. The molecule has 3 rings (SSSR count). The average Bonchev–Trinajstić information content (AvgIpc) is 2.62. The van der Waals surface area contributed by atoms with Crippen LogP contribution < -0.4 is 10.2 Å². The second-order valence-corrected chi connectivity index (χ2v) is 8.18. The third kappa shape index (κ3) is 4.69. The molecule has 2 saturated heterocycles. The van der Waals surface area contributed by atoms with Gasteiger partial charge in [-0.2, -0.15) is 5.10 Å². The number of nitrogens with zero attached hydrogens (tertiary/aromatic N) is 3. The maximum atomic E-state index is 12.5. The summed E-state index contributed by atoms with van der Waals surface area (Å²) in [4.78, 5) is 14.7. The van der Waals surface area contributed by atoms with Gasteiger partial charge in [-0.3, -0.25) is 4.79 Å². The van der Waals surface area contributed by atoms with E-state index in [9.17, 15) is 4.79 Å². The molecule has 2 aliphatic rings. The van der Waals surface area contributed by atoms with E-state index >= 15 is 0 Å². The molecule has 0 spiro atoms. The number of aromatic nitrogens is 2. The minimum atomic E-state index is 0.0147. The van der Waals surface area contributed by atoms with Crippen molar-refractivity contribution in [2.24, 2.45) is 5.92 Å². The van der Waals surface area contributed by atoms with E-state index in [1.54, 1.807) is 0 Å². The Balaban J connectivity index is 1.50. The summed E-state index contributed by atoms with van der Waals surface area (Å²) in [6, 6.07) is 4.40. The monoisotopic (exact) mass is 346 g/mol. The minimum absolute atomic E-state index is 0.0147. The molecule has 0 saturated carbocycles. The molecular weight excluding hydrogens is 316 g/mol. The molecule has 0 aromatic carbocycles. The SMILES string of the molecule is CC(C)(C)c1ccc(N2CCC(C(=O)NC3CCOCC3)CC2)nn1. The highest BCUT2D eigenvalue weighted by Crippen LogP contribution is 2.24. The van der Waals surface area contributed by atoms with Gasteiger partial charge in [-0.05, 0) is 37.8 Å². The van der Waals surface area contributed by atoms with Crippen molar-refractivity contribution >= 4 is 11.7 Å². The van der Waals surface area contributed by atoms with Crippen molar-refractivity contribution in [3.63, 3.8) is 0 Å². The van der Waals surface area contributed by atoms with Crippen LogP contribution in [0.3, 0.4) is 0 Å². The molecule has 0 radical (unpaired) electrons. The smallest absolute Gasteiger partial charge is 0.223 e. The number of rotatable bonds is 3. The van der Waals surface area contributed by atoms with Crippen molar-refractivity contribution in [3.8, 4) is 0 Å². The number of carbonyl (C=O) groups excluding carboxylic acids is 1. The third-order valence-corrected chi connectivity index (χ3v) is 5.18. The molecule has 0 atom stereocenters. The van der Waals surface area contributed by atoms with Crippen LogP contribution in [0.4, 0.5) is 5.82 Å². The van der Waals surface area contributed by atoms with Gasteiger partial charge in [0.2, 0.25) is 5.91 Å². The number of amides is 1. The first-order chi connectivity index (χ1) is 11.9. The number of nitrogens with one attached hydrogen (secondary N) is 1. The van der Waals surface area contributed by atoms with Crippen LogP contribution in [-0.4, -0.2) is 48.4 Å². The van der Waals surface area contributed by atoms with Crippen molar-refractivity contribution < 1.29 is 9.53 Å². The van der Waals surface area contributed by atoms with Crippen LogP contribution in [0.1, 0.15) is 52.1 Å². The fourth-order valence-corrected chi connectivity index (χ4v) is 3.43. The summed E-state index contributed by atoms with van der Waals surface area (Å²) in [6.07, 6.45) is 3.61. The van der Waals surface area contributed by atoms with Crippen LogP contribution in [0.5, 0.6) is 0 Å². The second kappa shape index (κ2) is 7.68. The number of hydrogen-bond acceptors (Lipinski definition) is 5. The van der Waals surface area contributed by atoms with Crippen molar-refractivity contribution in [1.82, 2.24) is 15.5 Å². The van der Waals surface area contributed by atoms with Gasteiger partial charge in [0.05, 0.1) is 5.69 Å². The van der Waals surface area contributed by atoms with Gasteiger partial charge in [-0.15, -0.1) is 5.10 Å². The van der Waals surface area contributed by atoms with Crippen LogP contribution in [0, 0.1) is 5.92 Å². The molecule has 2 fully saturated rings. The molecule has 0 bridgehead atoms. The topological polar surface area (TPSA) is 67.4 Å². The Morgan fingerprint density at radius 1 is 1.12 bits per heavy atom. The number of ether oxygens (including phenoxy) is 1. The lowest BCUT2D eigenvalue weighted by Gasteiger charge is -2.33. The lowest BCUT2D eigenvalue weighted by molar-refractivity contribution is -0.126. The summed E-state index contributed by atoms with van der Waals surface area (Å²) < 4.78 is 5.35. The molecule has 1 aromatic rings. The molecule has 1 N–H and O–H groups in total. The highest BCUT2D eigenvalue weighted by atomic mass is 16.5. The molecule has 0 aliphatic carbocycles. The fourth-order valence-electron chi connectivity index (χ4n) is 3.43. The first-order valence-corrected chi connectivity index (χ1v) is 9.41. The summed E-state index contributed by atoms with van der Waals surface area (Å²) >= 11 is 0. The molecule has 2 aliphatic heterocycles. The lowest BCUT2D eigenvalue weighted by atomic mass is 9.92. The first kappa shape index (κ1) is 18.1. The predicted octanol–water partition coefficient (Wildman–Crippen LogP) is 2.29. The maximum Gasteiger partial charge on any atom is 0.223 e. The molecule has 1 amide bonds. The standard InChI is InChI=1S/C19H30N4O2/c1-19(2,3)16-4-5-17(22-21-16)23-10-6-14(7-11-23)18(24)20-15-8-12-25-13-9-15/h4-5,14-15H,6-13H2,1-3H3,(H,20,24). The van der Waals surface area contributed by atoms with Gasteiger partial charge in [0.1, 0.15) is 0 Å². The molecule has 138 valence electrons. The van der Waals surface area contributed by atoms with Crippen LogP contribution in [0.15, 0.2) is 12.1 Å². The first-order valence-electron chi connectivity index (χ1n) is 9.41. The van der Waals surface area contributed by atoms with Gasteiger partial charge in [0, 0.05) is 43.7 Å². The predicted molar refractivity (Wildman–Crippen MR) is 97.7 cm³/mol. The highest BCUT2D eigenvalue weighted by molar-refractivity contribution is 5.79. The fraction of sp³-hybridized carbons (Fsp3) is 0.737. The van der Waals surface area contributed by atoms with Gasteiger partial charge in [-0.1, -0.05) is 20.8 Å². The van der Waals surface area contributed by atoms with E-state index in [1.165, 1.54) is 0 Å². The Kier molecular flexibility index (Phi) is 5.57. The van der Waals surface area contributed by atoms with Gasteiger partial charge < -0.3 is 15.0 Å². The Bertz CT molecular complexity index is 568. The maximum absolute atomic E-state index is 12.5. The molecule has 1 aromatic heterocycles. The summed E-state index contributed by atoms with van der Waals surface area (Å²) in [7, 11) is 0. The van der Waals surface area contributed by atoms with Crippen molar-refractivity contribution in [2.45, 2.75) is 57.9 Å². The van der Waals surface area contributed by atoms with Crippen molar-refractivity contribution in [3.05, 3.63) is 17.8 Å². The highest BCUT2D eigenvalue weighted by Gasteiger charge is 2.28. The van der Waals surface area contributed by atoms with Crippen LogP contribution in [-0.2, 0) is 14.9 Å². The molecule has 6 nitrogen and oxygen atoms in total. The lowest BCUT2D eigenvalue weighted by Crippen LogP contribution is -2.45. The third-order valence-electron chi connectivity index (χ3n) is 5.18. The normalized spacial score (nSPS) is 20.5. The average molecular weight is 346 g/mol. The zero-order valence-corrected chi connectivity index (χ0v) is 15.6. The van der Waals surface area contributed by atoms with Gasteiger partial charge in [-0.25, -0.2) is 0 Å². The summed E-state index contributed by atoms with van der Waals surface area (Å²) in [5.74, 6) is 1.23. The number of carbonyl (C=O) groups is 1. The minimum Gasteiger partial charge on any atom is -0.381 e. The van der Waals surface area contributed by atoms with Gasteiger partial charge >= 0.3 is 0 Å². The number of piperidine rings is 1. The molecular formula is C19H30N4O2. The quantitative estimate of drug-likeness (QED) is 0.909. The Labute approximate surface area is 150 Å². The summed E-state index contributed by atoms with van der Waals surface area (Å²) in [6.45, 7) is 9.64. The number of anilines is 1. The summed E-state index contributed by atoms with van der Waals surface area (Å²) in [5.41, 5.74) is 1.02. The Hall–Kier alpha value is -1.69. The Morgan fingerprint density at radius 3 is 2.36 bits per heavy atom. The zero-order valence-electron chi connectivity index (χ0n) is 15.6. The van der Waals surface area contributed by atoms with E-state index < -0.39 is 0 Å². The second-order valence-electron chi connectivity index (χ2n) is 8.18. The van der Waals surface area contributed by atoms with Gasteiger partial charge in [0.15, 0.2) is 5.82 Å². The van der Waals surface area contributed by atoms with Crippen LogP contribution in [0.2, 0.25) is 0 Å². The van der Waals surface area contributed by atoms with E-state index in [4.69, 9.17) is 4.74 Å². The largest absolute Gasteiger partial charge is 0.381 e. The summed E-state index contributed by atoms with van der Waals surface area (Å²) in [5, 5.41) is 12.0. The van der Waals surface area contributed by atoms with Crippen molar-refractivity contribution in [1.29, 1.82) is 0 Å². The van der Waals surface area contributed by atoms with Crippen LogP contribution in [0.25, 0.3) is 0 Å². The van der Waals surface area contributed by atoms with Gasteiger partial charge in [0.25, 0.3) is 0 Å². The van der Waals surface area contributed by atoms with E-state index in [0.29, 0.717) is 0 Å². The molecule has 25 heavy (non-hydrogen) atoms. The molecule has 0 unspecified atom stereocenters. The molecule has 6 heteroatoms.